The van der Waals surface area contributed by atoms with Gasteiger partial charge < -0.3 is 10.1 Å². The van der Waals surface area contributed by atoms with Crippen molar-refractivity contribution < 1.29 is 4.74 Å². The summed E-state index contributed by atoms with van der Waals surface area (Å²) >= 11 is 3.53. The second kappa shape index (κ2) is 7.49. The highest BCUT2D eigenvalue weighted by Crippen LogP contribution is 2.41. The normalized spacial score (nSPS) is 16.6. The van der Waals surface area contributed by atoms with Crippen molar-refractivity contribution in [3.05, 3.63) is 64.1 Å². The largest absolute Gasteiger partial charge is 0.497 e. The van der Waals surface area contributed by atoms with Gasteiger partial charge in [0.1, 0.15) is 5.75 Å². The Bertz CT molecular complexity index is 591. The zero-order valence-electron chi connectivity index (χ0n) is 12.6. The Balaban J connectivity index is 0.00000176. The van der Waals surface area contributed by atoms with E-state index in [1.54, 1.807) is 7.11 Å². The second-order valence-electron chi connectivity index (χ2n) is 5.57. The fourth-order valence-electron chi connectivity index (χ4n) is 3.28. The zero-order chi connectivity index (χ0) is 14.7. The van der Waals surface area contributed by atoms with Gasteiger partial charge in [-0.05, 0) is 61.3 Å². The molecule has 0 amide bonds. The van der Waals surface area contributed by atoms with Gasteiger partial charge in [0.15, 0.2) is 0 Å². The SMILES string of the molecule is COc1ccc(C2(c3ccc(Br)cc3)CCNCC2)cc1.Cl. The van der Waals surface area contributed by atoms with Gasteiger partial charge in [-0.3, -0.25) is 0 Å². The molecule has 1 aliphatic rings. The molecule has 3 rings (SSSR count). The van der Waals surface area contributed by atoms with Crippen LogP contribution in [-0.2, 0) is 5.41 Å². The van der Waals surface area contributed by atoms with E-state index in [1.807, 2.05) is 0 Å². The molecule has 0 unspecified atom stereocenters. The van der Waals surface area contributed by atoms with Gasteiger partial charge in [0.25, 0.3) is 0 Å². The summed E-state index contributed by atoms with van der Waals surface area (Å²) in [6.07, 6.45) is 2.25. The third kappa shape index (κ3) is 3.32. The molecule has 1 aliphatic heterocycles. The lowest BCUT2D eigenvalue weighted by molar-refractivity contribution is 0.361. The molecule has 1 fully saturated rings. The number of ether oxygens (including phenoxy) is 1. The molecule has 0 spiro atoms. The first-order valence-corrected chi connectivity index (χ1v) is 8.15. The van der Waals surface area contributed by atoms with Gasteiger partial charge >= 0.3 is 0 Å². The van der Waals surface area contributed by atoms with Crippen LogP contribution in [-0.4, -0.2) is 20.2 Å². The highest BCUT2D eigenvalue weighted by atomic mass is 79.9. The molecule has 22 heavy (non-hydrogen) atoms. The highest BCUT2D eigenvalue weighted by Gasteiger charge is 2.35. The van der Waals surface area contributed by atoms with Gasteiger partial charge in [-0.2, -0.15) is 0 Å². The van der Waals surface area contributed by atoms with Crippen molar-refractivity contribution in [2.45, 2.75) is 18.3 Å². The summed E-state index contributed by atoms with van der Waals surface area (Å²) in [5.74, 6) is 0.915. The van der Waals surface area contributed by atoms with Crippen molar-refractivity contribution in [1.82, 2.24) is 5.32 Å². The maximum Gasteiger partial charge on any atom is 0.118 e. The average Bonchev–Trinajstić information content (AvgIpc) is 2.56. The van der Waals surface area contributed by atoms with Gasteiger partial charge in [0.05, 0.1) is 7.11 Å². The predicted octanol–water partition coefficient (Wildman–Crippen LogP) is 4.55. The Hall–Kier alpha value is -1.03. The number of rotatable bonds is 3. The molecule has 1 heterocycles. The fraction of sp³-hybridized carbons (Fsp3) is 0.333. The predicted molar refractivity (Wildman–Crippen MR) is 97.3 cm³/mol. The van der Waals surface area contributed by atoms with Crippen LogP contribution in [0.4, 0.5) is 0 Å². The molecule has 0 aromatic heterocycles. The van der Waals surface area contributed by atoms with E-state index in [9.17, 15) is 0 Å². The van der Waals surface area contributed by atoms with E-state index >= 15 is 0 Å². The number of methoxy groups -OCH3 is 1. The van der Waals surface area contributed by atoms with Crippen LogP contribution in [0.5, 0.6) is 5.75 Å². The monoisotopic (exact) mass is 381 g/mol. The number of halogens is 2. The lowest BCUT2D eigenvalue weighted by atomic mass is 9.68. The number of hydrogen-bond acceptors (Lipinski definition) is 2. The summed E-state index contributed by atoms with van der Waals surface area (Å²) in [6.45, 7) is 2.12. The summed E-state index contributed by atoms with van der Waals surface area (Å²) in [5, 5.41) is 3.48. The van der Waals surface area contributed by atoms with E-state index in [4.69, 9.17) is 4.74 Å². The van der Waals surface area contributed by atoms with E-state index < -0.39 is 0 Å². The van der Waals surface area contributed by atoms with Crippen LogP contribution < -0.4 is 10.1 Å². The summed E-state index contributed by atoms with van der Waals surface area (Å²) in [6, 6.07) is 17.3. The van der Waals surface area contributed by atoms with Gasteiger partial charge in [-0.15, -0.1) is 12.4 Å². The number of benzene rings is 2. The van der Waals surface area contributed by atoms with E-state index in [0.717, 1.165) is 36.2 Å². The van der Waals surface area contributed by atoms with Crippen molar-refractivity contribution >= 4 is 28.3 Å². The molecule has 1 N–H and O–H groups in total. The lowest BCUT2D eigenvalue weighted by Crippen LogP contribution is -2.40. The Kier molecular flexibility index (Phi) is 5.90. The Morgan fingerprint density at radius 3 is 1.91 bits per heavy atom. The minimum absolute atomic E-state index is 0. The Morgan fingerprint density at radius 2 is 1.41 bits per heavy atom. The van der Waals surface area contributed by atoms with Gasteiger partial charge in [0.2, 0.25) is 0 Å². The molecule has 0 atom stereocenters. The third-order valence-electron chi connectivity index (χ3n) is 4.50. The molecule has 118 valence electrons. The van der Waals surface area contributed by atoms with Crippen LogP contribution >= 0.6 is 28.3 Å². The minimum Gasteiger partial charge on any atom is -0.497 e. The molecule has 1 saturated heterocycles. The molecule has 2 nitrogen and oxygen atoms in total. The highest BCUT2D eigenvalue weighted by molar-refractivity contribution is 9.10. The van der Waals surface area contributed by atoms with Crippen molar-refractivity contribution in [1.29, 1.82) is 0 Å². The van der Waals surface area contributed by atoms with Crippen LogP contribution in [0.1, 0.15) is 24.0 Å². The molecule has 2 aromatic rings. The summed E-state index contributed by atoms with van der Waals surface area (Å²) in [7, 11) is 1.71. The molecule has 4 heteroatoms. The van der Waals surface area contributed by atoms with Gasteiger partial charge in [-0.25, -0.2) is 0 Å². The quantitative estimate of drug-likeness (QED) is 0.841. The maximum atomic E-state index is 5.29. The summed E-state index contributed by atoms with van der Waals surface area (Å²) < 4.78 is 6.42. The number of hydrogen-bond donors (Lipinski definition) is 1. The molecular formula is C18H21BrClNO. The summed E-state index contributed by atoms with van der Waals surface area (Å²) in [4.78, 5) is 0. The number of nitrogens with one attached hydrogen (secondary N) is 1. The van der Waals surface area contributed by atoms with Crippen molar-refractivity contribution in [2.75, 3.05) is 20.2 Å². The van der Waals surface area contributed by atoms with Crippen molar-refractivity contribution in [2.24, 2.45) is 0 Å². The summed E-state index contributed by atoms with van der Waals surface area (Å²) in [5.41, 5.74) is 2.89. The van der Waals surface area contributed by atoms with Crippen molar-refractivity contribution in [3.8, 4) is 5.75 Å². The first-order valence-electron chi connectivity index (χ1n) is 7.36. The molecule has 2 aromatic carbocycles. The van der Waals surface area contributed by atoms with Gasteiger partial charge in [-0.1, -0.05) is 40.2 Å². The van der Waals surface area contributed by atoms with Crippen LogP contribution in [0.15, 0.2) is 53.0 Å². The van der Waals surface area contributed by atoms with Crippen LogP contribution in [0, 0.1) is 0 Å². The standard InChI is InChI=1S/C18H20BrNO.ClH/c1-21-17-8-4-15(5-9-17)18(10-12-20-13-11-18)14-2-6-16(19)7-3-14;/h2-9,20H,10-13H2,1H3;1H. The molecule has 0 bridgehead atoms. The van der Waals surface area contributed by atoms with E-state index in [1.165, 1.54) is 11.1 Å². The maximum absolute atomic E-state index is 5.29. The second-order valence-corrected chi connectivity index (χ2v) is 6.48. The molecule has 0 aliphatic carbocycles. The van der Waals surface area contributed by atoms with Gasteiger partial charge in [0, 0.05) is 9.89 Å². The first-order chi connectivity index (χ1) is 10.2. The minimum atomic E-state index is 0. The molecule has 0 radical (unpaired) electrons. The fourth-order valence-corrected chi connectivity index (χ4v) is 3.54. The van der Waals surface area contributed by atoms with Crippen LogP contribution in [0.2, 0.25) is 0 Å². The molecule has 0 saturated carbocycles. The topological polar surface area (TPSA) is 21.3 Å². The van der Waals surface area contributed by atoms with E-state index in [0.29, 0.717) is 0 Å². The lowest BCUT2D eigenvalue weighted by Gasteiger charge is -2.39. The third-order valence-corrected chi connectivity index (χ3v) is 5.03. The smallest absolute Gasteiger partial charge is 0.118 e. The Morgan fingerprint density at radius 1 is 0.909 bits per heavy atom. The van der Waals surface area contributed by atoms with E-state index in [2.05, 4.69) is 69.8 Å². The zero-order valence-corrected chi connectivity index (χ0v) is 15.0. The average molecular weight is 383 g/mol. The first kappa shape index (κ1) is 17.3. The molecular weight excluding hydrogens is 362 g/mol. The Labute approximate surface area is 146 Å². The van der Waals surface area contributed by atoms with Crippen LogP contribution in [0.25, 0.3) is 0 Å². The van der Waals surface area contributed by atoms with Crippen molar-refractivity contribution in [3.63, 3.8) is 0 Å². The van der Waals surface area contributed by atoms with Crippen LogP contribution in [0.3, 0.4) is 0 Å². The van der Waals surface area contributed by atoms with E-state index in [-0.39, 0.29) is 17.8 Å². The number of piperidine rings is 1.